The summed E-state index contributed by atoms with van der Waals surface area (Å²) < 4.78 is 5.84. The van der Waals surface area contributed by atoms with Crippen LogP contribution in [0.25, 0.3) is 11.0 Å². The number of fused-ring (bicyclic) bond motifs is 3. The second-order valence-electron chi connectivity index (χ2n) is 4.60. The molecule has 0 spiro atoms. The van der Waals surface area contributed by atoms with Crippen LogP contribution in [0.2, 0.25) is 0 Å². The van der Waals surface area contributed by atoms with E-state index in [2.05, 4.69) is 5.32 Å². The number of carbonyl (C=O) groups excluding carboxylic acids is 1. The normalized spacial score (nSPS) is 14.6. The number of amides is 1. The van der Waals surface area contributed by atoms with Gasteiger partial charge in [-0.3, -0.25) is 4.79 Å². The predicted molar refractivity (Wildman–Crippen MR) is 67.2 cm³/mol. The first-order chi connectivity index (χ1) is 8.24. The third-order valence-corrected chi connectivity index (χ3v) is 3.28. The zero-order valence-electron chi connectivity index (χ0n) is 9.88. The van der Waals surface area contributed by atoms with Crippen LogP contribution in [0.3, 0.4) is 0 Å². The molecule has 0 bridgehead atoms. The molecule has 1 heterocycles. The molecule has 0 radical (unpaired) electrons. The number of nitrogens with one attached hydrogen (secondary N) is 1. The molecule has 88 valence electrons. The Kier molecular flexibility index (Phi) is 2.39. The Morgan fingerprint density at radius 3 is 2.94 bits per heavy atom. The molecule has 0 atom stereocenters. The largest absolute Gasteiger partial charge is 0.461 e. The molecule has 3 rings (SSSR count). The lowest BCUT2D eigenvalue weighted by atomic mass is 9.96. The van der Waals surface area contributed by atoms with Crippen LogP contribution in [0.1, 0.15) is 31.1 Å². The Morgan fingerprint density at radius 2 is 2.12 bits per heavy atom. The summed E-state index contributed by atoms with van der Waals surface area (Å²) in [6, 6.07) is 5.85. The first-order valence-corrected chi connectivity index (χ1v) is 6.06. The van der Waals surface area contributed by atoms with Crippen LogP contribution in [-0.4, -0.2) is 5.91 Å². The fourth-order valence-electron chi connectivity index (χ4n) is 2.54. The first kappa shape index (κ1) is 10.4. The molecule has 3 heteroatoms. The number of benzene rings is 1. The van der Waals surface area contributed by atoms with Crippen molar-refractivity contribution in [2.75, 3.05) is 5.32 Å². The van der Waals surface area contributed by atoms with Crippen molar-refractivity contribution in [3.05, 3.63) is 29.5 Å². The molecule has 1 aromatic heterocycles. The van der Waals surface area contributed by atoms with Crippen LogP contribution < -0.4 is 5.32 Å². The van der Waals surface area contributed by atoms with Crippen LogP contribution in [0.15, 0.2) is 22.6 Å². The number of aryl methyl sites for hydroxylation is 2. The van der Waals surface area contributed by atoms with Crippen LogP contribution in [0, 0.1) is 0 Å². The molecule has 2 aromatic rings. The van der Waals surface area contributed by atoms with E-state index in [-0.39, 0.29) is 5.91 Å². The summed E-state index contributed by atoms with van der Waals surface area (Å²) >= 11 is 0. The predicted octanol–water partition coefficient (Wildman–Crippen LogP) is 3.27. The lowest BCUT2D eigenvalue weighted by Crippen LogP contribution is -2.05. The Hall–Kier alpha value is -1.77. The third-order valence-electron chi connectivity index (χ3n) is 3.28. The summed E-state index contributed by atoms with van der Waals surface area (Å²) in [5.41, 5.74) is 3.11. The van der Waals surface area contributed by atoms with Crippen molar-refractivity contribution in [1.29, 1.82) is 0 Å². The molecule has 0 fully saturated rings. The number of hydrogen-bond acceptors (Lipinski definition) is 2. The van der Waals surface area contributed by atoms with E-state index < -0.39 is 0 Å². The average molecular weight is 229 g/mol. The molecule has 1 aliphatic rings. The highest BCUT2D eigenvalue weighted by molar-refractivity contribution is 5.93. The van der Waals surface area contributed by atoms with Crippen LogP contribution in [-0.2, 0) is 17.6 Å². The van der Waals surface area contributed by atoms with Crippen molar-refractivity contribution >= 4 is 22.6 Å². The van der Waals surface area contributed by atoms with Gasteiger partial charge in [-0.25, -0.2) is 0 Å². The monoisotopic (exact) mass is 229 g/mol. The number of hydrogen-bond donors (Lipinski definition) is 1. The van der Waals surface area contributed by atoms with Crippen molar-refractivity contribution in [1.82, 2.24) is 0 Å². The summed E-state index contributed by atoms with van der Waals surface area (Å²) in [5.74, 6) is 1.09. The highest BCUT2D eigenvalue weighted by Gasteiger charge is 2.17. The number of carbonyl (C=O) groups is 1. The Balaban J connectivity index is 2.11. The Bertz CT molecular complexity index is 583. The second kappa shape index (κ2) is 3.91. The van der Waals surface area contributed by atoms with Gasteiger partial charge in [0.15, 0.2) is 0 Å². The first-order valence-electron chi connectivity index (χ1n) is 6.06. The maximum Gasteiger partial charge on any atom is 0.221 e. The van der Waals surface area contributed by atoms with Gasteiger partial charge in [0.25, 0.3) is 0 Å². The lowest BCUT2D eigenvalue weighted by molar-refractivity contribution is -0.114. The fraction of sp³-hybridized carbons (Fsp3) is 0.357. The molecule has 17 heavy (non-hydrogen) atoms. The zero-order valence-corrected chi connectivity index (χ0v) is 9.88. The molecule has 1 N–H and O–H groups in total. The summed E-state index contributed by atoms with van der Waals surface area (Å²) in [6.07, 6.45) is 4.57. The number of furan rings is 1. The van der Waals surface area contributed by atoms with E-state index in [1.54, 1.807) is 0 Å². The van der Waals surface area contributed by atoms with E-state index in [1.807, 2.05) is 18.2 Å². The highest BCUT2D eigenvalue weighted by atomic mass is 16.3. The number of rotatable bonds is 1. The summed E-state index contributed by atoms with van der Waals surface area (Å²) in [7, 11) is 0. The van der Waals surface area contributed by atoms with Crippen molar-refractivity contribution < 1.29 is 9.21 Å². The molecule has 0 aliphatic heterocycles. The maximum absolute atomic E-state index is 11.0. The van der Waals surface area contributed by atoms with Crippen molar-refractivity contribution in [2.45, 2.75) is 32.6 Å². The highest BCUT2D eigenvalue weighted by Crippen LogP contribution is 2.33. The lowest BCUT2D eigenvalue weighted by Gasteiger charge is -2.08. The third kappa shape index (κ3) is 1.82. The molecule has 1 amide bonds. The van der Waals surface area contributed by atoms with Gasteiger partial charge in [0.05, 0.1) is 0 Å². The minimum Gasteiger partial charge on any atom is -0.461 e. The Labute approximate surface area is 99.8 Å². The van der Waals surface area contributed by atoms with Crippen molar-refractivity contribution in [2.24, 2.45) is 0 Å². The minimum absolute atomic E-state index is 0.0401. The van der Waals surface area contributed by atoms with E-state index >= 15 is 0 Å². The van der Waals surface area contributed by atoms with Gasteiger partial charge in [-0.1, -0.05) is 0 Å². The topological polar surface area (TPSA) is 42.2 Å². The van der Waals surface area contributed by atoms with Gasteiger partial charge in [-0.2, -0.15) is 0 Å². The SMILES string of the molecule is CC(=O)Nc1ccc2oc3c(c2c1)CCCC3. The van der Waals surface area contributed by atoms with Crippen LogP contribution in [0.4, 0.5) is 5.69 Å². The van der Waals surface area contributed by atoms with Gasteiger partial charge in [0.2, 0.25) is 5.91 Å². The second-order valence-corrected chi connectivity index (χ2v) is 4.60. The molecule has 1 aromatic carbocycles. The van der Waals surface area contributed by atoms with Gasteiger partial charge in [0, 0.05) is 30.0 Å². The quantitative estimate of drug-likeness (QED) is 0.815. The molecule has 3 nitrogen and oxygen atoms in total. The van der Waals surface area contributed by atoms with E-state index in [0.717, 1.165) is 35.3 Å². The maximum atomic E-state index is 11.0. The summed E-state index contributed by atoms with van der Waals surface area (Å²) in [4.78, 5) is 11.0. The van der Waals surface area contributed by atoms with Gasteiger partial charge < -0.3 is 9.73 Å². The van der Waals surface area contributed by atoms with Gasteiger partial charge in [-0.05, 0) is 37.5 Å². The van der Waals surface area contributed by atoms with Gasteiger partial charge in [0.1, 0.15) is 11.3 Å². The minimum atomic E-state index is -0.0401. The molecule has 0 unspecified atom stereocenters. The van der Waals surface area contributed by atoms with Crippen molar-refractivity contribution in [3.8, 4) is 0 Å². The molecule has 0 saturated heterocycles. The van der Waals surface area contributed by atoms with Crippen LogP contribution >= 0.6 is 0 Å². The number of anilines is 1. The average Bonchev–Trinajstić information content (AvgIpc) is 2.66. The molecule has 1 aliphatic carbocycles. The molecular formula is C14H15NO2. The van der Waals surface area contributed by atoms with Gasteiger partial charge in [-0.15, -0.1) is 0 Å². The fourth-order valence-corrected chi connectivity index (χ4v) is 2.54. The summed E-state index contributed by atoms with van der Waals surface area (Å²) in [6.45, 7) is 1.52. The van der Waals surface area contributed by atoms with E-state index in [9.17, 15) is 4.79 Å². The van der Waals surface area contributed by atoms with Crippen molar-refractivity contribution in [3.63, 3.8) is 0 Å². The standard InChI is InChI=1S/C14H15NO2/c1-9(16)15-10-6-7-14-12(8-10)11-4-2-3-5-13(11)17-14/h6-8H,2-5H2,1H3,(H,15,16). The molecular weight excluding hydrogens is 214 g/mol. The van der Waals surface area contributed by atoms with Gasteiger partial charge >= 0.3 is 0 Å². The summed E-state index contributed by atoms with van der Waals surface area (Å²) in [5, 5.41) is 3.97. The van der Waals surface area contributed by atoms with E-state index in [4.69, 9.17) is 4.42 Å². The smallest absolute Gasteiger partial charge is 0.221 e. The van der Waals surface area contributed by atoms with Crippen LogP contribution in [0.5, 0.6) is 0 Å². The zero-order chi connectivity index (χ0) is 11.8. The van der Waals surface area contributed by atoms with E-state index in [0.29, 0.717) is 0 Å². The molecule has 0 saturated carbocycles. The van der Waals surface area contributed by atoms with E-state index in [1.165, 1.54) is 25.3 Å². The Morgan fingerprint density at radius 1 is 1.29 bits per heavy atom.